The molecule has 3 heteroatoms. The maximum Gasteiger partial charge on any atom is 0.188 e. The van der Waals surface area contributed by atoms with E-state index in [1.807, 2.05) is 24.3 Å². The van der Waals surface area contributed by atoms with Crippen LogP contribution in [0.1, 0.15) is 5.56 Å². The zero-order valence-electron chi connectivity index (χ0n) is 8.12. The van der Waals surface area contributed by atoms with Crippen LogP contribution in [0, 0.1) is 11.8 Å². The summed E-state index contributed by atoms with van der Waals surface area (Å²) in [6, 6.07) is 7.52. The van der Waals surface area contributed by atoms with Crippen LogP contribution >= 0.6 is 0 Å². The van der Waals surface area contributed by atoms with Crippen molar-refractivity contribution < 1.29 is 9.47 Å². The van der Waals surface area contributed by atoms with Crippen LogP contribution in [0.3, 0.4) is 0 Å². The summed E-state index contributed by atoms with van der Waals surface area (Å²) in [5.74, 6) is 6.42. The lowest BCUT2D eigenvalue weighted by molar-refractivity contribution is 0.0509. The van der Waals surface area contributed by atoms with Gasteiger partial charge in [0.2, 0.25) is 0 Å². The van der Waals surface area contributed by atoms with Gasteiger partial charge in [-0.3, -0.25) is 0 Å². The van der Waals surface area contributed by atoms with Gasteiger partial charge in [-0.1, -0.05) is 24.0 Å². The summed E-state index contributed by atoms with van der Waals surface area (Å²) in [5, 5.41) is 0. The van der Waals surface area contributed by atoms with Gasteiger partial charge in [-0.2, -0.15) is 0 Å². The smallest absolute Gasteiger partial charge is 0.188 e. The van der Waals surface area contributed by atoms with Crippen LogP contribution in [-0.4, -0.2) is 20.4 Å². The van der Waals surface area contributed by atoms with Crippen molar-refractivity contribution >= 4 is 0 Å². The number of ether oxygens (including phenoxy) is 2. The molecule has 1 aromatic rings. The molecule has 0 saturated carbocycles. The molecule has 0 aliphatic carbocycles. The van der Waals surface area contributed by atoms with Crippen LogP contribution in [0.2, 0.25) is 0 Å². The first-order chi connectivity index (χ1) is 6.88. The van der Waals surface area contributed by atoms with E-state index in [0.717, 1.165) is 11.3 Å². The Bertz CT molecular complexity index is 339. The molecule has 0 fully saturated rings. The molecule has 0 bridgehead atoms. The van der Waals surface area contributed by atoms with Crippen molar-refractivity contribution in [1.29, 1.82) is 0 Å². The molecule has 2 N–H and O–H groups in total. The average Bonchev–Trinajstić information content (AvgIpc) is 2.24. The van der Waals surface area contributed by atoms with Gasteiger partial charge in [0.25, 0.3) is 0 Å². The standard InChI is InChI=1S/C11H13NO2/c1-13-9-14-11-7-3-2-5-10(11)6-4-8-12/h2-3,5,7H,8-9,12H2,1H3. The van der Waals surface area contributed by atoms with Crippen molar-refractivity contribution in [2.24, 2.45) is 5.73 Å². The summed E-state index contributed by atoms with van der Waals surface area (Å²) in [6.45, 7) is 0.569. The molecule has 0 amide bonds. The van der Waals surface area contributed by atoms with E-state index in [-0.39, 0.29) is 6.79 Å². The van der Waals surface area contributed by atoms with E-state index in [0.29, 0.717) is 6.54 Å². The summed E-state index contributed by atoms with van der Waals surface area (Å²) in [7, 11) is 1.58. The molecule has 0 aromatic heterocycles. The third-order valence-electron chi connectivity index (χ3n) is 1.54. The lowest BCUT2D eigenvalue weighted by Crippen LogP contribution is -2.00. The summed E-state index contributed by atoms with van der Waals surface area (Å²) in [6.07, 6.45) is 0. The highest BCUT2D eigenvalue weighted by atomic mass is 16.7. The molecule has 0 heterocycles. The molecule has 0 aliphatic heterocycles. The Labute approximate surface area is 83.8 Å². The van der Waals surface area contributed by atoms with Gasteiger partial charge in [-0.15, -0.1) is 0 Å². The molecule has 1 rings (SSSR count). The molecule has 0 spiro atoms. The van der Waals surface area contributed by atoms with Crippen molar-refractivity contribution in [3.8, 4) is 17.6 Å². The van der Waals surface area contributed by atoms with Crippen LogP contribution in [0.5, 0.6) is 5.75 Å². The van der Waals surface area contributed by atoms with E-state index in [4.69, 9.17) is 15.2 Å². The number of benzene rings is 1. The molecule has 0 atom stereocenters. The number of nitrogens with two attached hydrogens (primary N) is 1. The van der Waals surface area contributed by atoms with E-state index < -0.39 is 0 Å². The third kappa shape index (κ3) is 3.09. The van der Waals surface area contributed by atoms with Gasteiger partial charge in [-0.25, -0.2) is 0 Å². The fourth-order valence-electron chi connectivity index (χ4n) is 0.964. The van der Waals surface area contributed by atoms with Gasteiger partial charge in [0, 0.05) is 7.11 Å². The number of rotatable bonds is 3. The maximum atomic E-state index is 5.32. The summed E-state index contributed by atoms with van der Waals surface area (Å²) in [4.78, 5) is 0. The largest absolute Gasteiger partial charge is 0.466 e. The molecule has 1 aromatic carbocycles. The number of para-hydroxylation sites is 1. The van der Waals surface area contributed by atoms with Crippen molar-refractivity contribution in [3.05, 3.63) is 29.8 Å². The van der Waals surface area contributed by atoms with E-state index in [1.54, 1.807) is 7.11 Å². The Morgan fingerprint density at radius 1 is 1.36 bits per heavy atom. The first-order valence-electron chi connectivity index (χ1n) is 4.28. The highest BCUT2D eigenvalue weighted by Gasteiger charge is 1.98. The molecular formula is C11H13NO2. The molecular weight excluding hydrogens is 178 g/mol. The SMILES string of the molecule is COCOc1ccccc1C#CCN. The number of methoxy groups -OCH3 is 1. The van der Waals surface area contributed by atoms with Crippen molar-refractivity contribution in [2.75, 3.05) is 20.4 Å². The van der Waals surface area contributed by atoms with Gasteiger partial charge in [0.15, 0.2) is 6.79 Å². The Balaban J connectivity index is 2.80. The Hall–Kier alpha value is -1.50. The minimum Gasteiger partial charge on any atom is -0.466 e. The summed E-state index contributed by atoms with van der Waals surface area (Å²) in [5.41, 5.74) is 6.12. The lowest BCUT2D eigenvalue weighted by Gasteiger charge is -2.05. The van der Waals surface area contributed by atoms with Crippen LogP contribution in [0.25, 0.3) is 0 Å². The molecule has 0 unspecified atom stereocenters. The molecule has 0 saturated heterocycles. The Morgan fingerprint density at radius 3 is 2.86 bits per heavy atom. The Morgan fingerprint density at radius 2 is 2.14 bits per heavy atom. The van der Waals surface area contributed by atoms with Crippen LogP contribution < -0.4 is 10.5 Å². The first-order valence-corrected chi connectivity index (χ1v) is 4.28. The molecule has 0 aliphatic rings. The van der Waals surface area contributed by atoms with Gasteiger partial charge in [-0.05, 0) is 12.1 Å². The van der Waals surface area contributed by atoms with Gasteiger partial charge in [0.05, 0.1) is 12.1 Å². The Kier molecular flexibility index (Phi) is 4.56. The minimum absolute atomic E-state index is 0.224. The zero-order chi connectivity index (χ0) is 10.2. The maximum absolute atomic E-state index is 5.32. The van der Waals surface area contributed by atoms with Crippen molar-refractivity contribution in [3.63, 3.8) is 0 Å². The topological polar surface area (TPSA) is 44.5 Å². The summed E-state index contributed by atoms with van der Waals surface area (Å²) < 4.78 is 10.1. The van der Waals surface area contributed by atoms with E-state index >= 15 is 0 Å². The van der Waals surface area contributed by atoms with Gasteiger partial charge < -0.3 is 15.2 Å². The second kappa shape index (κ2) is 6.03. The quantitative estimate of drug-likeness (QED) is 0.572. The van der Waals surface area contributed by atoms with E-state index in [9.17, 15) is 0 Å². The average molecular weight is 191 g/mol. The molecule has 74 valence electrons. The lowest BCUT2D eigenvalue weighted by atomic mass is 10.2. The highest BCUT2D eigenvalue weighted by Crippen LogP contribution is 2.16. The zero-order valence-corrected chi connectivity index (χ0v) is 8.12. The van der Waals surface area contributed by atoms with Crippen molar-refractivity contribution in [2.45, 2.75) is 0 Å². The predicted octanol–water partition coefficient (Wildman–Crippen LogP) is 0.980. The molecule has 14 heavy (non-hydrogen) atoms. The predicted molar refractivity (Wildman–Crippen MR) is 54.9 cm³/mol. The molecule has 0 radical (unpaired) electrons. The van der Waals surface area contributed by atoms with Crippen LogP contribution in [0.4, 0.5) is 0 Å². The van der Waals surface area contributed by atoms with Crippen LogP contribution in [0.15, 0.2) is 24.3 Å². The van der Waals surface area contributed by atoms with E-state index in [1.165, 1.54) is 0 Å². The second-order valence-corrected chi connectivity index (χ2v) is 2.55. The highest BCUT2D eigenvalue weighted by molar-refractivity contribution is 5.45. The third-order valence-corrected chi connectivity index (χ3v) is 1.54. The number of hydrogen-bond donors (Lipinski definition) is 1. The first kappa shape index (κ1) is 10.6. The monoisotopic (exact) mass is 191 g/mol. The summed E-state index contributed by atoms with van der Waals surface area (Å²) >= 11 is 0. The minimum atomic E-state index is 0.224. The van der Waals surface area contributed by atoms with E-state index in [2.05, 4.69) is 11.8 Å². The van der Waals surface area contributed by atoms with Gasteiger partial charge >= 0.3 is 0 Å². The fraction of sp³-hybridized carbons (Fsp3) is 0.273. The fourth-order valence-corrected chi connectivity index (χ4v) is 0.964. The van der Waals surface area contributed by atoms with Crippen molar-refractivity contribution in [1.82, 2.24) is 0 Å². The second-order valence-electron chi connectivity index (χ2n) is 2.55. The van der Waals surface area contributed by atoms with Crippen LogP contribution in [-0.2, 0) is 4.74 Å². The van der Waals surface area contributed by atoms with Gasteiger partial charge in [0.1, 0.15) is 5.75 Å². The number of hydrogen-bond acceptors (Lipinski definition) is 3. The molecule has 3 nitrogen and oxygen atoms in total. The normalized spacial score (nSPS) is 9.00.